The van der Waals surface area contributed by atoms with Gasteiger partial charge in [-0.1, -0.05) is 0 Å². The van der Waals surface area contributed by atoms with Gasteiger partial charge >= 0.3 is 0 Å². The Morgan fingerprint density at radius 1 is 0.625 bits per heavy atom. The lowest BCUT2D eigenvalue weighted by atomic mass is 10.4. The molecule has 0 bridgehead atoms. The lowest BCUT2D eigenvalue weighted by Gasteiger charge is -2.11. The number of piperazine rings is 1. The summed E-state index contributed by atoms with van der Waals surface area (Å²) >= 11 is 0. The highest BCUT2D eigenvalue weighted by atomic mass is 15.0. The molecule has 0 aliphatic carbocycles. The van der Waals surface area contributed by atoms with Crippen LogP contribution in [0.15, 0.2) is 0 Å². The van der Waals surface area contributed by atoms with Crippen LogP contribution < -0.4 is 22.9 Å². The van der Waals surface area contributed by atoms with E-state index < -0.39 is 0 Å². The van der Waals surface area contributed by atoms with Crippen molar-refractivity contribution in [3.8, 4) is 0 Å². The summed E-state index contributed by atoms with van der Waals surface area (Å²) in [6, 6.07) is 0. The molecule has 8 N–H and O–H groups in total. The molecule has 0 amide bonds. The number of hydrogen-bond donors (Lipinski definition) is 4. The molecule has 0 spiro atoms. The van der Waals surface area contributed by atoms with Crippen LogP contribution in [-0.4, -0.2) is 26.2 Å². The van der Waals surface area contributed by atoms with E-state index in [0.717, 1.165) is 26.2 Å². The van der Waals surface area contributed by atoms with E-state index in [1.807, 2.05) is 0 Å². The zero-order chi connectivity index (χ0) is 4.24. The molecular weight excluding hydrogens is 104 g/mol. The predicted octanol–water partition coefficient (Wildman–Crippen LogP) is -0.497. The molecule has 1 rings (SSSR count). The van der Waals surface area contributed by atoms with E-state index in [4.69, 9.17) is 0 Å². The maximum atomic E-state index is 3.22. The molecule has 0 aromatic carbocycles. The van der Waals surface area contributed by atoms with E-state index in [9.17, 15) is 0 Å². The molecule has 4 nitrogen and oxygen atoms in total. The van der Waals surface area contributed by atoms with Crippen LogP contribution in [0.1, 0.15) is 0 Å². The molecule has 8 heavy (non-hydrogen) atoms. The van der Waals surface area contributed by atoms with Gasteiger partial charge < -0.3 is 22.9 Å². The standard InChI is InChI=1S/C4H10N2.2H3N/c1-2-6-4-3-5-1;;/h5-6H,1-4H2;2*1H3. The van der Waals surface area contributed by atoms with E-state index >= 15 is 0 Å². The van der Waals surface area contributed by atoms with Gasteiger partial charge in [-0.3, -0.25) is 0 Å². The van der Waals surface area contributed by atoms with Gasteiger partial charge in [0.1, 0.15) is 0 Å². The lowest BCUT2D eigenvalue weighted by Crippen LogP contribution is -2.39. The van der Waals surface area contributed by atoms with Crippen molar-refractivity contribution >= 4 is 0 Å². The third kappa shape index (κ3) is 4.01. The average molecular weight is 120 g/mol. The first kappa shape index (κ1) is 10.8. The first-order chi connectivity index (χ1) is 3.00. The minimum atomic E-state index is 0. The zero-order valence-corrected chi connectivity index (χ0v) is 5.24. The second-order valence-corrected chi connectivity index (χ2v) is 1.50. The van der Waals surface area contributed by atoms with Gasteiger partial charge in [-0.25, -0.2) is 0 Å². The Balaban J connectivity index is 0. The summed E-state index contributed by atoms with van der Waals surface area (Å²) in [6.07, 6.45) is 0. The molecule has 1 fully saturated rings. The van der Waals surface area contributed by atoms with E-state index in [-0.39, 0.29) is 12.3 Å². The topological polar surface area (TPSA) is 94.1 Å². The fourth-order valence-corrected chi connectivity index (χ4v) is 0.604. The van der Waals surface area contributed by atoms with Crippen molar-refractivity contribution in [1.82, 2.24) is 22.9 Å². The highest BCUT2D eigenvalue weighted by Gasteiger charge is 1.91. The van der Waals surface area contributed by atoms with Crippen LogP contribution in [0.25, 0.3) is 0 Å². The van der Waals surface area contributed by atoms with E-state index in [2.05, 4.69) is 10.6 Å². The largest absolute Gasteiger partial charge is 0.344 e. The normalized spacial score (nSPS) is 18.0. The quantitative estimate of drug-likeness (QED) is 0.347. The summed E-state index contributed by atoms with van der Waals surface area (Å²) in [5.74, 6) is 0. The molecule has 0 saturated carbocycles. The van der Waals surface area contributed by atoms with Gasteiger partial charge in [-0.05, 0) is 0 Å². The summed E-state index contributed by atoms with van der Waals surface area (Å²) in [4.78, 5) is 0. The summed E-state index contributed by atoms with van der Waals surface area (Å²) in [6.45, 7) is 4.56. The second-order valence-electron chi connectivity index (χ2n) is 1.50. The van der Waals surface area contributed by atoms with Crippen LogP contribution in [0.3, 0.4) is 0 Å². The van der Waals surface area contributed by atoms with Gasteiger partial charge in [-0.15, -0.1) is 0 Å². The van der Waals surface area contributed by atoms with Crippen molar-refractivity contribution in [2.45, 2.75) is 0 Å². The molecule has 0 aromatic heterocycles. The molecule has 0 unspecified atom stereocenters. The van der Waals surface area contributed by atoms with Crippen molar-refractivity contribution in [2.75, 3.05) is 26.2 Å². The summed E-state index contributed by atoms with van der Waals surface area (Å²) in [5, 5.41) is 6.44. The van der Waals surface area contributed by atoms with Crippen LogP contribution in [0.4, 0.5) is 0 Å². The van der Waals surface area contributed by atoms with Crippen molar-refractivity contribution in [2.24, 2.45) is 0 Å². The molecule has 1 aliphatic rings. The van der Waals surface area contributed by atoms with E-state index in [0.29, 0.717) is 0 Å². The fraction of sp³-hybridized carbons (Fsp3) is 1.00. The van der Waals surface area contributed by atoms with Crippen LogP contribution in [-0.2, 0) is 0 Å². The monoisotopic (exact) mass is 120 g/mol. The van der Waals surface area contributed by atoms with Crippen molar-refractivity contribution in [1.29, 1.82) is 0 Å². The van der Waals surface area contributed by atoms with E-state index in [1.165, 1.54) is 0 Å². The molecule has 52 valence electrons. The fourth-order valence-electron chi connectivity index (χ4n) is 0.604. The number of hydrogen-bond acceptors (Lipinski definition) is 4. The number of nitrogens with one attached hydrogen (secondary N) is 2. The third-order valence-electron chi connectivity index (χ3n) is 0.957. The Bertz CT molecular complexity index is 23.5. The molecule has 0 atom stereocenters. The van der Waals surface area contributed by atoms with Gasteiger partial charge in [0.05, 0.1) is 0 Å². The van der Waals surface area contributed by atoms with Crippen molar-refractivity contribution < 1.29 is 0 Å². The Morgan fingerprint density at radius 3 is 1.00 bits per heavy atom. The van der Waals surface area contributed by atoms with Gasteiger partial charge in [0, 0.05) is 26.2 Å². The summed E-state index contributed by atoms with van der Waals surface area (Å²) < 4.78 is 0. The SMILES string of the molecule is C1CNCCN1.N.N. The Hall–Kier alpha value is -0.160. The van der Waals surface area contributed by atoms with Crippen LogP contribution in [0, 0.1) is 0 Å². The first-order valence-electron chi connectivity index (χ1n) is 2.41. The first-order valence-corrected chi connectivity index (χ1v) is 2.41. The maximum Gasteiger partial charge on any atom is 0.00772 e. The predicted molar refractivity (Wildman–Crippen MR) is 35.8 cm³/mol. The molecule has 1 heterocycles. The van der Waals surface area contributed by atoms with Crippen LogP contribution in [0.5, 0.6) is 0 Å². The second kappa shape index (κ2) is 6.84. The molecule has 0 aromatic rings. The zero-order valence-electron chi connectivity index (χ0n) is 5.24. The highest BCUT2D eigenvalue weighted by Crippen LogP contribution is 1.65. The van der Waals surface area contributed by atoms with Crippen molar-refractivity contribution in [3.05, 3.63) is 0 Å². The lowest BCUT2D eigenvalue weighted by molar-refractivity contribution is 0.534. The Morgan fingerprint density at radius 2 is 0.875 bits per heavy atom. The molecule has 0 radical (unpaired) electrons. The Labute approximate surface area is 50.2 Å². The average Bonchev–Trinajstić information content (AvgIpc) is 1.72. The minimum absolute atomic E-state index is 0. The van der Waals surface area contributed by atoms with E-state index in [1.54, 1.807) is 0 Å². The van der Waals surface area contributed by atoms with Crippen molar-refractivity contribution in [3.63, 3.8) is 0 Å². The minimum Gasteiger partial charge on any atom is -0.344 e. The maximum absolute atomic E-state index is 3.22. The van der Waals surface area contributed by atoms with Gasteiger partial charge in [0.2, 0.25) is 0 Å². The molecular formula is C4H16N4. The summed E-state index contributed by atoms with van der Waals surface area (Å²) in [7, 11) is 0. The van der Waals surface area contributed by atoms with Crippen LogP contribution in [0.2, 0.25) is 0 Å². The third-order valence-corrected chi connectivity index (χ3v) is 0.957. The molecule has 1 aliphatic heterocycles. The molecule has 4 heteroatoms. The van der Waals surface area contributed by atoms with Gasteiger partial charge in [-0.2, -0.15) is 0 Å². The summed E-state index contributed by atoms with van der Waals surface area (Å²) in [5.41, 5.74) is 0. The van der Waals surface area contributed by atoms with Gasteiger partial charge in [0.15, 0.2) is 0 Å². The van der Waals surface area contributed by atoms with Crippen LogP contribution >= 0.6 is 0 Å². The highest BCUT2D eigenvalue weighted by molar-refractivity contribution is 4.59. The number of rotatable bonds is 0. The Kier molecular flexibility index (Phi) is 9.20. The molecule has 1 saturated heterocycles. The smallest absolute Gasteiger partial charge is 0.00772 e. The van der Waals surface area contributed by atoms with Gasteiger partial charge in [0.25, 0.3) is 0 Å².